The average molecular weight is 469 g/mol. The van der Waals surface area contributed by atoms with Gasteiger partial charge in [0.05, 0.1) is 18.0 Å². The molecule has 4 rings (SSSR count). The maximum absolute atomic E-state index is 13.2. The number of methoxy groups -OCH3 is 1. The molecule has 1 aliphatic rings. The van der Waals surface area contributed by atoms with Crippen molar-refractivity contribution >= 4 is 15.8 Å². The molecule has 0 aliphatic carbocycles. The van der Waals surface area contributed by atoms with Crippen LogP contribution in [0.15, 0.2) is 71.8 Å². The van der Waals surface area contributed by atoms with Crippen molar-refractivity contribution in [1.29, 1.82) is 0 Å². The Labute approximate surface area is 193 Å². The van der Waals surface area contributed by atoms with Gasteiger partial charge in [0, 0.05) is 30.8 Å². The molecule has 0 bridgehead atoms. The van der Waals surface area contributed by atoms with Gasteiger partial charge in [-0.1, -0.05) is 24.3 Å². The molecule has 8 heteroatoms. The van der Waals surface area contributed by atoms with E-state index in [1.54, 1.807) is 19.4 Å². The van der Waals surface area contributed by atoms with Gasteiger partial charge in [0.1, 0.15) is 5.82 Å². The normalized spacial score (nSPS) is 16.6. The molecule has 1 saturated heterocycles. The van der Waals surface area contributed by atoms with Crippen LogP contribution in [-0.2, 0) is 21.2 Å². The van der Waals surface area contributed by atoms with Gasteiger partial charge in [-0.25, -0.2) is 17.8 Å². The highest BCUT2D eigenvalue weighted by atomic mass is 32.2. The zero-order valence-corrected chi connectivity index (χ0v) is 19.1. The molecule has 1 aliphatic heterocycles. The predicted molar refractivity (Wildman–Crippen MR) is 123 cm³/mol. The molecular formula is C25H25FN2O4S. The Kier molecular flexibility index (Phi) is 6.85. The SMILES string of the molecule is COc1ccc(-c2cccc(CCC(=O)[C@@H]3CCCN3S(=O)(=O)c3ccc(F)cc3)c2)cn1. The maximum atomic E-state index is 13.2. The number of halogens is 1. The second-order valence-electron chi connectivity index (χ2n) is 7.98. The monoisotopic (exact) mass is 468 g/mol. The first-order valence-corrected chi connectivity index (χ1v) is 12.2. The van der Waals surface area contributed by atoms with Crippen LogP contribution in [0.2, 0.25) is 0 Å². The highest BCUT2D eigenvalue weighted by molar-refractivity contribution is 7.89. The third-order valence-electron chi connectivity index (χ3n) is 5.86. The number of hydrogen-bond donors (Lipinski definition) is 0. The van der Waals surface area contributed by atoms with Gasteiger partial charge in [-0.05, 0) is 60.7 Å². The Bertz CT molecular complexity index is 1230. The van der Waals surface area contributed by atoms with E-state index in [0.717, 1.165) is 28.8 Å². The van der Waals surface area contributed by atoms with Crippen LogP contribution >= 0.6 is 0 Å². The van der Waals surface area contributed by atoms with Crippen LogP contribution in [-0.4, -0.2) is 43.2 Å². The maximum Gasteiger partial charge on any atom is 0.243 e. The van der Waals surface area contributed by atoms with E-state index < -0.39 is 21.9 Å². The number of sulfonamides is 1. The fourth-order valence-electron chi connectivity index (χ4n) is 4.10. The Balaban J connectivity index is 1.44. The van der Waals surface area contributed by atoms with Gasteiger partial charge in [-0.3, -0.25) is 4.79 Å². The second kappa shape index (κ2) is 9.80. The fourth-order valence-corrected chi connectivity index (χ4v) is 5.78. The first-order chi connectivity index (χ1) is 15.9. The summed E-state index contributed by atoms with van der Waals surface area (Å²) in [4.78, 5) is 17.2. The summed E-state index contributed by atoms with van der Waals surface area (Å²) in [5, 5.41) is 0. The molecule has 6 nitrogen and oxygen atoms in total. The highest BCUT2D eigenvalue weighted by Crippen LogP contribution is 2.28. The minimum atomic E-state index is -3.85. The molecule has 172 valence electrons. The molecular weight excluding hydrogens is 443 g/mol. The van der Waals surface area contributed by atoms with E-state index in [1.165, 1.54) is 16.4 Å². The number of Topliss-reactive ketones (excluding diaryl/α,β-unsaturated/α-hetero) is 1. The molecule has 0 spiro atoms. The van der Waals surface area contributed by atoms with Crippen molar-refractivity contribution in [2.45, 2.75) is 36.6 Å². The van der Waals surface area contributed by atoms with Crippen molar-refractivity contribution in [3.05, 3.63) is 78.2 Å². The predicted octanol–water partition coefficient (Wildman–Crippen LogP) is 4.25. The first-order valence-electron chi connectivity index (χ1n) is 10.8. The highest BCUT2D eigenvalue weighted by Gasteiger charge is 2.38. The largest absolute Gasteiger partial charge is 0.481 e. The van der Waals surface area contributed by atoms with Gasteiger partial charge in [0.15, 0.2) is 5.78 Å². The van der Waals surface area contributed by atoms with Gasteiger partial charge in [-0.15, -0.1) is 0 Å². The summed E-state index contributed by atoms with van der Waals surface area (Å²) in [5.74, 6) is -0.0671. The third kappa shape index (κ3) is 5.12. The molecule has 1 atom stereocenters. The van der Waals surface area contributed by atoms with Crippen molar-refractivity contribution in [3.8, 4) is 17.0 Å². The molecule has 0 N–H and O–H groups in total. The zero-order chi connectivity index (χ0) is 23.4. The van der Waals surface area contributed by atoms with Crippen LogP contribution in [0, 0.1) is 5.82 Å². The summed E-state index contributed by atoms with van der Waals surface area (Å²) in [5.41, 5.74) is 2.91. The lowest BCUT2D eigenvalue weighted by molar-refractivity contribution is -0.122. The summed E-state index contributed by atoms with van der Waals surface area (Å²) in [7, 11) is -2.29. The minimum absolute atomic E-state index is 0.00408. The van der Waals surface area contributed by atoms with Crippen LogP contribution in [0.1, 0.15) is 24.8 Å². The number of carbonyl (C=O) groups excluding carboxylic acids is 1. The molecule has 2 heterocycles. The van der Waals surface area contributed by atoms with Crippen molar-refractivity contribution in [2.24, 2.45) is 0 Å². The number of ketones is 1. The topological polar surface area (TPSA) is 76.6 Å². The molecule has 0 unspecified atom stereocenters. The summed E-state index contributed by atoms with van der Waals surface area (Å²) in [6.07, 6.45) is 3.61. The van der Waals surface area contributed by atoms with Crippen molar-refractivity contribution in [2.75, 3.05) is 13.7 Å². The molecule has 1 fully saturated rings. The number of rotatable bonds is 8. The molecule has 0 saturated carbocycles. The van der Waals surface area contributed by atoms with Crippen molar-refractivity contribution < 1.29 is 22.3 Å². The molecule has 0 radical (unpaired) electrons. The van der Waals surface area contributed by atoms with Gasteiger partial charge in [0.25, 0.3) is 0 Å². The number of ether oxygens (including phenoxy) is 1. The van der Waals surface area contributed by atoms with E-state index in [1.807, 2.05) is 30.3 Å². The van der Waals surface area contributed by atoms with E-state index in [-0.39, 0.29) is 23.6 Å². The standard InChI is InChI=1S/C25H25FN2O4S/c1-32-25-14-8-20(17-27-25)19-5-2-4-18(16-19)7-13-24(29)23-6-3-15-28(23)33(30,31)22-11-9-21(26)10-12-22/h2,4-5,8-12,14,16-17,23H,3,6-7,13,15H2,1H3/t23-/m0/s1. The van der Waals surface area contributed by atoms with Crippen LogP contribution in [0.25, 0.3) is 11.1 Å². The fraction of sp³-hybridized carbons (Fsp3) is 0.280. The minimum Gasteiger partial charge on any atom is -0.481 e. The summed E-state index contributed by atoms with van der Waals surface area (Å²) in [6.45, 7) is 0.288. The van der Waals surface area contributed by atoms with Gasteiger partial charge < -0.3 is 4.74 Å². The molecule has 0 amide bonds. The molecule has 3 aromatic rings. The summed E-state index contributed by atoms with van der Waals surface area (Å²) < 4.78 is 45.6. The molecule has 2 aromatic carbocycles. The zero-order valence-electron chi connectivity index (χ0n) is 18.3. The molecule has 1 aromatic heterocycles. The van der Waals surface area contributed by atoms with Crippen molar-refractivity contribution in [3.63, 3.8) is 0 Å². The quantitative estimate of drug-likeness (QED) is 0.494. The van der Waals surface area contributed by atoms with Gasteiger partial charge in [0.2, 0.25) is 15.9 Å². The Morgan fingerprint density at radius 2 is 1.91 bits per heavy atom. The number of aryl methyl sites for hydroxylation is 1. The van der Waals surface area contributed by atoms with E-state index in [0.29, 0.717) is 25.1 Å². The van der Waals surface area contributed by atoms with E-state index in [9.17, 15) is 17.6 Å². The summed E-state index contributed by atoms with van der Waals surface area (Å²) in [6, 6.07) is 15.6. The average Bonchev–Trinajstić information content (AvgIpc) is 3.34. The van der Waals surface area contributed by atoms with Crippen LogP contribution in [0.3, 0.4) is 0 Å². The molecule has 33 heavy (non-hydrogen) atoms. The number of benzene rings is 2. The second-order valence-corrected chi connectivity index (χ2v) is 9.87. The smallest absolute Gasteiger partial charge is 0.243 e. The first kappa shape index (κ1) is 23.1. The number of nitrogens with zero attached hydrogens (tertiary/aromatic N) is 2. The number of aromatic nitrogens is 1. The number of hydrogen-bond acceptors (Lipinski definition) is 5. The summed E-state index contributed by atoms with van der Waals surface area (Å²) >= 11 is 0. The lowest BCUT2D eigenvalue weighted by Gasteiger charge is -2.23. The Morgan fingerprint density at radius 1 is 1.12 bits per heavy atom. The number of pyridine rings is 1. The van der Waals surface area contributed by atoms with E-state index >= 15 is 0 Å². The lowest BCUT2D eigenvalue weighted by Crippen LogP contribution is -2.40. The van der Waals surface area contributed by atoms with Crippen molar-refractivity contribution in [1.82, 2.24) is 9.29 Å². The third-order valence-corrected chi connectivity index (χ3v) is 7.78. The van der Waals surface area contributed by atoms with Gasteiger partial charge >= 0.3 is 0 Å². The Morgan fingerprint density at radius 3 is 2.61 bits per heavy atom. The van der Waals surface area contributed by atoms with Gasteiger partial charge in [-0.2, -0.15) is 4.31 Å². The number of carbonyl (C=O) groups is 1. The van der Waals surface area contributed by atoms with Crippen LogP contribution in [0.5, 0.6) is 5.88 Å². The van der Waals surface area contributed by atoms with E-state index in [2.05, 4.69) is 4.98 Å². The van der Waals surface area contributed by atoms with Crippen LogP contribution in [0.4, 0.5) is 4.39 Å². The van der Waals surface area contributed by atoms with E-state index in [4.69, 9.17) is 4.74 Å². The van der Waals surface area contributed by atoms with Crippen LogP contribution < -0.4 is 4.74 Å². The Hall–Kier alpha value is -3.10. The lowest BCUT2D eigenvalue weighted by atomic mass is 9.99.